The van der Waals surface area contributed by atoms with Gasteiger partial charge in [0, 0.05) is 29.4 Å². The van der Waals surface area contributed by atoms with Crippen molar-refractivity contribution in [1.82, 2.24) is 25.0 Å². The van der Waals surface area contributed by atoms with Gasteiger partial charge in [0.1, 0.15) is 17.6 Å². The van der Waals surface area contributed by atoms with Crippen LogP contribution in [0.2, 0.25) is 0 Å². The molecule has 1 aliphatic rings. The summed E-state index contributed by atoms with van der Waals surface area (Å²) in [6.45, 7) is 6.93. The predicted octanol–water partition coefficient (Wildman–Crippen LogP) is 6.49. The smallest absolute Gasteiger partial charge is 0.181 e. The average Bonchev–Trinajstić information content (AvgIpc) is 3.42. The minimum atomic E-state index is -1.62. The van der Waals surface area contributed by atoms with E-state index in [1.165, 1.54) is 18.5 Å². The Morgan fingerprint density at radius 3 is 2.70 bits per heavy atom. The van der Waals surface area contributed by atoms with Gasteiger partial charge in [-0.2, -0.15) is 5.26 Å². The first-order valence-corrected chi connectivity index (χ1v) is 13.1. The molecule has 1 aliphatic carbocycles. The molecular formula is C30H29FN8O. The first kappa shape index (κ1) is 24.3. The Labute approximate surface area is 232 Å². The van der Waals surface area contributed by atoms with Crippen LogP contribution in [0.3, 0.4) is 0 Å². The molecule has 6 rings (SSSR count). The maximum absolute atomic E-state index is 13.9. The molecule has 3 heterocycles. The fraction of sp³-hybridized carbons (Fsp3) is 0.300. The lowest BCUT2D eigenvalue weighted by Crippen LogP contribution is -2.20. The van der Waals surface area contributed by atoms with Crippen LogP contribution in [0.4, 0.5) is 15.8 Å². The van der Waals surface area contributed by atoms with Crippen LogP contribution in [0.5, 0.6) is 0 Å². The quantitative estimate of drug-likeness (QED) is 0.231. The zero-order valence-electron chi connectivity index (χ0n) is 23.4. The Morgan fingerprint density at radius 1 is 1.23 bits per heavy atom. The van der Waals surface area contributed by atoms with Gasteiger partial charge in [0.25, 0.3) is 0 Å². The van der Waals surface area contributed by atoms with Gasteiger partial charge in [0.15, 0.2) is 12.2 Å². The molecule has 0 amide bonds. The minimum absolute atomic E-state index is 0.0573. The molecule has 5 aromatic rings. The van der Waals surface area contributed by atoms with Crippen molar-refractivity contribution in [1.29, 1.82) is 5.26 Å². The zero-order valence-corrected chi connectivity index (χ0v) is 22.4. The molecule has 0 saturated heterocycles. The van der Waals surface area contributed by atoms with E-state index >= 15 is 0 Å². The number of benzene rings is 2. The number of hydrogen-bond acceptors (Lipinski definition) is 8. The van der Waals surface area contributed by atoms with E-state index in [2.05, 4.69) is 57.8 Å². The standard InChI is InChI=1S/C30H29FN8O/c1-30(2,3)16-35-27-19(12-32)13-34-29-23(26-14-33-17-40-26)10-21(11-24(27)29)36-28(18-4-6-20(31)7-5-18)25-15-39(38-37-25)22-8-9-22/h4-7,10-11,13-15,17,22,28,36H,8-9,16H2,1-3H3,(H,34,35)/i28D. The molecule has 1 saturated carbocycles. The number of rotatable bonds is 8. The van der Waals surface area contributed by atoms with E-state index in [1.54, 1.807) is 35.4 Å². The molecule has 1 unspecified atom stereocenters. The van der Waals surface area contributed by atoms with Crippen molar-refractivity contribution in [3.05, 3.63) is 84.0 Å². The highest BCUT2D eigenvalue weighted by atomic mass is 19.1. The van der Waals surface area contributed by atoms with Gasteiger partial charge in [-0.3, -0.25) is 4.98 Å². The number of anilines is 2. The summed E-state index contributed by atoms with van der Waals surface area (Å²) in [6.07, 6.45) is 8.28. The molecule has 1 fully saturated rings. The molecule has 2 N–H and O–H groups in total. The first-order valence-electron chi connectivity index (χ1n) is 13.6. The van der Waals surface area contributed by atoms with E-state index < -0.39 is 11.8 Å². The second-order valence-corrected chi connectivity index (χ2v) is 11.2. The summed E-state index contributed by atoms with van der Waals surface area (Å²) in [6, 6.07) is 10.4. The van der Waals surface area contributed by atoms with Crippen LogP contribution >= 0.6 is 0 Å². The molecule has 10 heteroatoms. The summed E-state index contributed by atoms with van der Waals surface area (Å²) in [4.78, 5) is 8.70. The lowest BCUT2D eigenvalue weighted by Gasteiger charge is -2.23. The number of pyridine rings is 1. The van der Waals surface area contributed by atoms with Crippen molar-refractivity contribution in [3.63, 3.8) is 0 Å². The van der Waals surface area contributed by atoms with E-state index in [0.29, 0.717) is 57.0 Å². The molecule has 9 nitrogen and oxygen atoms in total. The van der Waals surface area contributed by atoms with Crippen LogP contribution in [-0.2, 0) is 0 Å². The second kappa shape index (κ2) is 10.1. The first-order chi connectivity index (χ1) is 19.6. The van der Waals surface area contributed by atoms with Crippen LogP contribution in [-0.4, -0.2) is 31.5 Å². The number of aromatic nitrogens is 5. The van der Waals surface area contributed by atoms with E-state index in [1.807, 2.05) is 12.1 Å². The number of fused-ring (bicyclic) bond motifs is 1. The maximum atomic E-state index is 13.9. The van der Waals surface area contributed by atoms with Gasteiger partial charge in [-0.15, -0.1) is 5.10 Å². The number of nitrogens with one attached hydrogen (secondary N) is 2. The highest BCUT2D eigenvalue weighted by molar-refractivity contribution is 6.03. The van der Waals surface area contributed by atoms with Crippen molar-refractivity contribution in [2.45, 2.75) is 45.7 Å². The molecule has 202 valence electrons. The summed E-state index contributed by atoms with van der Waals surface area (Å²) in [7, 11) is 0. The number of oxazole rings is 1. The van der Waals surface area contributed by atoms with Crippen LogP contribution in [0.25, 0.3) is 22.2 Å². The highest BCUT2D eigenvalue weighted by Gasteiger charge is 2.27. The number of nitrogens with zero attached hydrogens (tertiary/aromatic N) is 6. The number of nitriles is 1. The molecule has 2 aromatic carbocycles. The van der Waals surface area contributed by atoms with Gasteiger partial charge >= 0.3 is 0 Å². The average molecular weight is 538 g/mol. The summed E-state index contributed by atoms with van der Waals surface area (Å²) < 4.78 is 31.0. The number of halogens is 1. The highest BCUT2D eigenvalue weighted by Crippen LogP contribution is 2.39. The van der Waals surface area contributed by atoms with Crippen molar-refractivity contribution in [2.75, 3.05) is 17.2 Å². The Morgan fingerprint density at radius 2 is 2.02 bits per heavy atom. The largest absolute Gasteiger partial charge is 0.443 e. The molecule has 1 atom stereocenters. The van der Waals surface area contributed by atoms with Crippen molar-refractivity contribution in [3.8, 4) is 17.4 Å². The summed E-state index contributed by atoms with van der Waals surface area (Å²) in [5.41, 5.74) is 3.61. The lowest BCUT2D eigenvalue weighted by atomic mass is 9.96. The monoisotopic (exact) mass is 537 g/mol. The molecule has 3 aromatic heterocycles. The van der Waals surface area contributed by atoms with Gasteiger partial charge in [0.05, 0.1) is 42.6 Å². The van der Waals surface area contributed by atoms with E-state index in [9.17, 15) is 11.0 Å². The number of hydrogen-bond donors (Lipinski definition) is 2. The van der Waals surface area contributed by atoms with Gasteiger partial charge in [-0.05, 0) is 48.1 Å². The zero-order chi connectivity index (χ0) is 28.8. The maximum Gasteiger partial charge on any atom is 0.181 e. The van der Waals surface area contributed by atoms with E-state index in [-0.39, 0.29) is 11.5 Å². The Balaban J connectivity index is 1.54. The third-order valence-corrected chi connectivity index (χ3v) is 6.67. The Kier molecular flexibility index (Phi) is 6.11. The molecular weight excluding hydrogens is 507 g/mol. The van der Waals surface area contributed by atoms with E-state index in [0.717, 1.165) is 12.8 Å². The predicted molar refractivity (Wildman–Crippen MR) is 150 cm³/mol. The molecule has 0 spiro atoms. The van der Waals surface area contributed by atoms with Crippen LogP contribution in [0.1, 0.15) is 63.9 Å². The molecule has 0 aliphatic heterocycles. The minimum Gasteiger partial charge on any atom is -0.443 e. The Hall–Kier alpha value is -4.78. The van der Waals surface area contributed by atoms with Gasteiger partial charge < -0.3 is 15.1 Å². The summed E-state index contributed by atoms with van der Waals surface area (Å²) in [5, 5.41) is 26.0. The molecule has 0 radical (unpaired) electrons. The summed E-state index contributed by atoms with van der Waals surface area (Å²) in [5.74, 6) is 0.0791. The summed E-state index contributed by atoms with van der Waals surface area (Å²) >= 11 is 0. The van der Waals surface area contributed by atoms with Crippen molar-refractivity contribution >= 4 is 22.3 Å². The second-order valence-electron chi connectivity index (χ2n) is 11.2. The topological polar surface area (TPSA) is 117 Å². The lowest BCUT2D eigenvalue weighted by molar-refractivity contribution is 0.443. The van der Waals surface area contributed by atoms with Crippen molar-refractivity contribution in [2.24, 2.45) is 5.41 Å². The normalized spacial score (nSPS) is 15.3. The third kappa shape index (κ3) is 5.23. The fourth-order valence-electron chi connectivity index (χ4n) is 4.49. The van der Waals surface area contributed by atoms with Gasteiger partial charge in [-0.1, -0.05) is 38.1 Å². The van der Waals surface area contributed by atoms with Crippen LogP contribution in [0, 0.1) is 22.6 Å². The van der Waals surface area contributed by atoms with Crippen LogP contribution in [0.15, 0.2) is 65.8 Å². The third-order valence-electron chi connectivity index (χ3n) is 6.67. The van der Waals surface area contributed by atoms with Crippen molar-refractivity contribution < 1.29 is 10.2 Å². The fourth-order valence-corrected chi connectivity index (χ4v) is 4.49. The molecule has 40 heavy (non-hydrogen) atoms. The van der Waals surface area contributed by atoms with Crippen LogP contribution < -0.4 is 10.6 Å². The SMILES string of the molecule is [2H]C(Nc1cc(-c2cnco2)c2ncc(C#N)c(NCC(C)(C)C)c2c1)(c1ccc(F)cc1)c1cn(C2CC2)nn1. The van der Waals surface area contributed by atoms with Gasteiger partial charge in [0.2, 0.25) is 0 Å². The van der Waals surface area contributed by atoms with Gasteiger partial charge in [-0.25, -0.2) is 14.1 Å². The molecule has 0 bridgehead atoms. The van der Waals surface area contributed by atoms with E-state index in [4.69, 9.17) is 4.42 Å². The Bertz CT molecular complexity index is 1750.